The van der Waals surface area contributed by atoms with E-state index in [0.717, 1.165) is 27.9 Å². The van der Waals surface area contributed by atoms with Crippen LogP contribution in [0, 0.1) is 24.1 Å². The third kappa shape index (κ3) is 6.01. The number of halogens is 1. The van der Waals surface area contributed by atoms with Gasteiger partial charge in [0.25, 0.3) is 0 Å². The van der Waals surface area contributed by atoms with Crippen molar-refractivity contribution in [3.05, 3.63) is 57.4 Å². The molecule has 10 nitrogen and oxygen atoms in total. The molecule has 1 aromatic carbocycles. The van der Waals surface area contributed by atoms with Gasteiger partial charge in [0.05, 0.1) is 17.9 Å². The maximum Gasteiger partial charge on any atom is 0.410 e. The van der Waals surface area contributed by atoms with Gasteiger partial charge < -0.3 is 19.9 Å². The smallest absolute Gasteiger partial charge is 0.410 e. The number of nitrogens with one attached hydrogen (secondary N) is 1. The SMILES string of the molecule is CCc1nn2c(C)cc(N3CCN(C(=O)OC(C)(C)C)CC3C)nc2c1NCc1nc(-c2ccc(F)cc2)c(C#N)s1. The van der Waals surface area contributed by atoms with Gasteiger partial charge in [0.2, 0.25) is 0 Å². The van der Waals surface area contributed by atoms with Crippen molar-refractivity contribution in [2.75, 3.05) is 29.9 Å². The van der Waals surface area contributed by atoms with Gasteiger partial charge in [0.15, 0.2) is 5.65 Å². The van der Waals surface area contributed by atoms with Gasteiger partial charge in [-0.05, 0) is 65.3 Å². The first kappa shape index (κ1) is 29.3. The lowest BCUT2D eigenvalue weighted by molar-refractivity contribution is 0.0218. The van der Waals surface area contributed by atoms with Crippen molar-refractivity contribution in [2.45, 2.75) is 66.2 Å². The number of fused-ring (bicyclic) bond motifs is 1. The molecule has 4 aromatic rings. The van der Waals surface area contributed by atoms with Crippen LogP contribution in [0.3, 0.4) is 0 Å². The minimum Gasteiger partial charge on any atom is -0.444 e. The Morgan fingerprint density at radius 1 is 1.24 bits per heavy atom. The minimum atomic E-state index is -0.541. The second kappa shape index (κ2) is 11.6. The fourth-order valence-corrected chi connectivity index (χ4v) is 5.86. The first-order chi connectivity index (χ1) is 20.0. The van der Waals surface area contributed by atoms with Gasteiger partial charge in [-0.15, -0.1) is 11.3 Å². The fourth-order valence-electron chi connectivity index (χ4n) is 5.04. The number of ether oxygens (including phenoxy) is 1. The summed E-state index contributed by atoms with van der Waals surface area (Å²) in [4.78, 5) is 26.8. The summed E-state index contributed by atoms with van der Waals surface area (Å²) in [7, 11) is 0. The summed E-state index contributed by atoms with van der Waals surface area (Å²) in [5.41, 5.74) is 4.05. The number of aryl methyl sites for hydroxylation is 2. The van der Waals surface area contributed by atoms with E-state index in [-0.39, 0.29) is 18.0 Å². The van der Waals surface area contributed by atoms with Crippen LogP contribution < -0.4 is 10.2 Å². The molecule has 0 radical (unpaired) electrons. The van der Waals surface area contributed by atoms with Crippen LogP contribution in [0.15, 0.2) is 30.3 Å². The van der Waals surface area contributed by atoms with Crippen LogP contribution in [-0.2, 0) is 17.7 Å². The van der Waals surface area contributed by atoms with Crippen molar-refractivity contribution in [3.8, 4) is 17.3 Å². The lowest BCUT2D eigenvalue weighted by atomic mass is 10.1. The van der Waals surface area contributed by atoms with Crippen molar-refractivity contribution in [3.63, 3.8) is 0 Å². The van der Waals surface area contributed by atoms with Gasteiger partial charge in [-0.2, -0.15) is 10.4 Å². The van der Waals surface area contributed by atoms with Crippen molar-refractivity contribution >= 4 is 34.6 Å². The Balaban J connectivity index is 1.39. The Kier molecular flexibility index (Phi) is 8.06. The Hall–Kier alpha value is -4.24. The highest BCUT2D eigenvalue weighted by Gasteiger charge is 2.31. The second-order valence-electron chi connectivity index (χ2n) is 11.4. The molecule has 12 heteroatoms. The number of aromatic nitrogens is 4. The van der Waals surface area contributed by atoms with Crippen molar-refractivity contribution in [2.24, 2.45) is 0 Å². The Labute approximate surface area is 248 Å². The van der Waals surface area contributed by atoms with Crippen LogP contribution in [0.25, 0.3) is 16.9 Å². The number of nitriles is 1. The third-order valence-electron chi connectivity index (χ3n) is 7.04. The number of piperazine rings is 1. The summed E-state index contributed by atoms with van der Waals surface area (Å²) in [6, 6.07) is 10.3. The van der Waals surface area contributed by atoms with Crippen LogP contribution in [0.5, 0.6) is 0 Å². The average Bonchev–Trinajstić information content (AvgIpc) is 3.52. The normalized spacial score (nSPS) is 15.6. The van der Waals surface area contributed by atoms with Gasteiger partial charge in [-0.1, -0.05) is 6.92 Å². The highest BCUT2D eigenvalue weighted by molar-refractivity contribution is 7.12. The second-order valence-corrected chi connectivity index (χ2v) is 12.5. The van der Waals surface area contributed by atoms with Crippen LogP contribution >= 0.6 is 11.3 Å². The molecule has 0 bridgehead atoms. The van der Waals surface area contributed by atoms with Gasteiger partial charge in [-0.25, -0.2) is 23.7 Å². The summed E-state index contributed by atoms with van der Waals surface area (Å²) >= 11 is 1.31. The highest BCUT2D eigenvalue weighted by Crippen LogP contribution is 2.31. The van der Waals surface area contributed by atoms with Crippen LogP contribution in [-0.4, -0.2) is 61.9 Å². The molecule has 1 amide bonds. The molecule has 0 spiro atoms. The number of hydrogen-bond acceptors (Lipinski definition) is 9. The molecule has 1 fully saturated rings. The number of carbonyl (C=O) groups is 1. The molecule has 1 aliphatic heterocycles. The number of rotatable bonds is 6. The quantitative estimate of drug-likeness (QED) is 0.300. The summed E-state index contributed by atoms with van der Waals surface area (Å²) in [5.74, 6) is 0.484. The van der Waals surface area contributed by atoms with Crippen LogP contribution in [0.4, 0.5) is 20.7 Å². The maximum atomic E-state index is 13.4. The zero-order valence-electron chi connectivity index (χ0n) is 24.7. The number of thiazole rings is 1. The Morgan fingerprint density at radius 2 is 1.98 bits per heavy atom. The fraction of sp³-hybridized carbons (Fsp3) is 0.433. The van der Waals surface area contributed by atoms with Gasteiger partial charge in [-0.3, -0.25) is 0 Å². The zero-order chi connectivity index (χ0) is 30.2. The molecule has 3 aromatic heterocycles. The predicted octanol–water partition coefficient (Wildman–Crippen LogP) is 5.79. The Bertz CT molecular complexity index is 1650. The lowest BCUT2D eigenvalue weighted by Gasteiger charge is -2.40. The first-order valence-corrected chi connectivity index (χ1v) is 14.8. The average molecular weight is 591 g/mol. The minimum absolute atomic E-state index is 0.0372. The number of benzene rings is 1. The molecular weight excluding hydrogens is 555 g/mol. The molecule has 4 heterocycles. The number of anilines is 2. The van der Waals surface area contributed by atoms with Gasteiger partial charge >= 0.3 is 6.09 Å². The molecule has 1 aliphatic rings. The van der Waals surface area contributed by atoms with E-state index < -0.39 is 5.60 Å². The molecule has 0 aliphatic carbocycles. The van der Waals surface area contributed by atoms with E-state index in [9.17, 15) is 14.4 Å². The van der Waals surface area contributed by atoms with E-state index in [2.05, 4.69) is 23.2 Å². The molecule has 0 saturated carbocycles. The predicted molar refractivity (Wildman–Crippen MR) is 161 cm³/mol. The van der Waals surface area contributed by atoms with Crippen molar-refractivity contribution < 1.29 is 13.9 Å². The van der Waals surface area contributed by atoms with Gasteiger partial charge in [0.1, 0.15) is 38.9 Å². The molecule has 42 heavy (non-hydrogen) atoms. The Morgan fingerprint density at radius 3 is 2.62 bits per heavy atom. The summed E-state index contributed by atoms with van der Waals surface area (Å²) < 4.78 is 20.9. The van der Waals surface area contributed by atoms with E-state index in [4.69, 9.17) is 19.8 Å². The van der Waals surface area contributed by atoms with E-state index in [1.54, 1.807) is 17.0 Å². The summed E-state index contributed by atoms with van der Waals surface area (Å²) in [6.45, 7) is 13.8. The summed E-state index contributed by atoms with van der Waals surface area (Å²) in [6.07, 6.45) is 0.404. The number of amides is 1. The van der Waals surface area contributed by atoms with Crippen LogP contribution in [0.2, 0.25) is 0 Å². The topological polar surface area (TPSA) is 112 Å². The maximum absolute atomic E-state index is 13.4. The number of carbonyl (C=O) groups excluding carboxylic acids is 1. The van der Waals surface area contributed by atoms with E-state index in [0.29, 0.717) is 54.4 Å². The van der Waals surface area contributed by atoms with Crippen LogP contribution in [0.1, 0.15) is 55.9 Å². The first-order valence-electron chi connectivity index (χ1n) is 14.0. The molecule has 1 saturated heterocycles. The monoisotopic (exact) mass is 590 g/mol. The lowest BCUT2D eigenvalue weighted by Crippen LogP contribution is -2.54. The van der Waals surface area contributed by atoms with E-state index in [1.807, 2.05) is 45.2 Å². The van der Waals surface area contributed by atoms with Crippen molar-refractivity contribution in [1.82, 2.24) is 24.5 Å². The molecule has 1 N–H and O–H groups in total. The van der Waals surface area contributed by atoms with E-state index >= 15 is 0 Å². The molecule has 1 unspecified atom stereocenters. The molecular formula is C30H35FN8O2S. The zero-order valence-corrected chi connectivity index (χ0v) is 25.5. The molecule has 1 atom stereocenters. The summed E-state index contributed by atoms with van der Waals surface area (Å²) in [5, 5.41) is 18.7. The van der Waals surface area contributed by atoms with Crippen molar-refractivity contribution in [1.29, 1.82) is 5.26 Å². The van der Waals surface area contributed by atoms with E-state index in [1.165, 1.54) is 23.5 Å². The number of hydrogen-bond donors (Lipinski definition) is 1. The standard InChI is InChI=1S/C30H35FN8O2S/c1-7-22-27(33-16-25-35-26(23(15-32)42-25)20-8-10-21(31)11-9-20)28-34-24(14-18(2)39(28)36-22)38-13-12-37(17-19(38)3)29(40)41-30(4,5)6/h8-11,14,19,33H,7,12-13,16-17H2,1-6H3. The largest absolute Gasteiger partial charge is 0.444 e. The molecule has 220 valence electrons. The highest BCUT2D eigenvalue weighted by atomic mass is 32.1. The molecule has 5 rings (SSSR count). The number of nitrogens with zero attached hydrogens (tertiary/aromatic N) is 7. The van der Waals surface area contributed by atoms with Gasteiger partial charge in [0, 0.05) is 43.0 Å². The third-order valence-corrected chi connectivity index (χ3v) is 8.00.